The van der Waals surface area contributed by atoms with E-state index in [0.29, 0.717) is 17.7 Å². The topological polar surface area (TPSA) is 90.0 Å². The number of benzene rings is 1. The van der Waals surface area contributed by atoms with Crippen LogP contribution in [0.3, 0.4) is 0 Å². The highest BCUT2D eigenvalue weighted by atomic mass is 16.2. The molecule has 120 valence electrons. The van der Waals surface area contributed by atoms with Gasteiger partial charge < -0.3 is 15.6 Å². The van der Waals surface area contributed by atoms with Crippen molar-refractivity contribution in [3.63, 3.8) is 0 Å². The highest BCUT2D eigenvalue weighted by Gasteiger charge is 2.18. The molecule has 0 aliphatic carbocycles. The van der Waals surface area contributed by atoms with Crippen molar-refractivity contribution in [2.45, 2.75) is 20.2 Å². The number of nitrogens with zero attached hydrogens (tertiary/aromatic N) is 2. The molecule has 0 fully saturated rings. The van der Waals surface area contributed by atoms with E-state index < -0.39 is 5.91 Å². The molecule has 1 aromatic heterocycles. The van der Waals surface area contributed by atoms with Crippen LogP contribution >= 0.6 is 0 Å². The standard InChI is InChI=1S/C16H21BN4O2/c1-10(8-14-20-13(17-2)9-21(14)3)16(23)19-12-7-5-4-6-11(12)15(18)22/h4-7,9-10,17H,8H2,1-3H3,(H2,18,22)(H,19,23). The minimum Gasteiger partial charge on any atom is -0.366 e. The van der Waals surface area contributed by atoms with Crippen LogP contribution < -0.4 is 16.6 Å². The summed E-state index contributed by atoms with van der Waals surface area (Å²) in [7, 11) is 2.79. The zero-order chi connectivity index (χ0) is 17.0. The first-order chi connectivity index (χ1) is 10.9. The number of para-hydroxylation sites is 1. The first kappa shape index (κ1) is 16.8. The van der Waals surface area contributed by atoms with Gasteiger partial charge in [-0.25, -0.2) is 4.98 Å². The molecule has 0 aliphatic heterocycles. The monoisotopic (exact) mass is 312 g/mol. The van der Waals surface area contributed by atoms with Gasteiger partial charge in [0.2, 0.25) is 5.91 Å². The predicted molar refractivity (Wildman–Crippen MR) is 92.3 cm³/mol. The number of hydrogen-bond donors (Lipinski definition) is 2. The van der Waals surface area contributed by atoms with Crippen LogP contribution in [0.5, 0.6) is 0 Å². The second-order valence-electron chi connectivity index (χ2n) is 5.62. The third-order valence-corrected chi connectivity index (χ3v) is 3.77. The summed E-state index contributed by atoms with van der Waals surface area (Å²) in [6.07, 6.45) is 2.50. The highest BCUT2D eigenvalue weighted by Crippen LogP contribution is 2.16. The molecule has 1 aromatic carbocycles. The number of carbonyl (C=O) groups is 2. The minimum atomic E-state index is -0.565. The fraction of sp³-hybridized carbons (Fsp3) is 0.312. The van der Waals surface area contributed by atoms with Crippen molar-refractivity contribution in [1.29, 1.82) is 0 Å². The van der Waals surface area contributed by atoms with Crippen LogP contribution in [0.2, 0.25) is 6.82 Å². The number of anilines is 1. The fourth-order valence-electron chi connectivity index (χ4n) is 2.36. The molecule has 0 saturated carbocycles. The van der Waals surface area contributed by atoms with Crippen LogP contribution in [-0.4, -0.2) is 28.6 Å². The smallest absolute Gasteiger partial charge is 0.250 e. The maximum atomic E-state index is 12.4. The average molecular weight is 312 g/mol. The Morgan fingerprint density at radius 3 is 2.70 bits per heavy atom. The molecular formula is C16H21BN4O2. The molecule has 6 nitrogen and oxygen atoms in total. The molecule has 2 amide bonds. The number of hydrogen-bond acceptors (Lipinski definition) is 3. The normalized spacial score (nSPS) is 11.8. The van der Waals surface area contributed by atoms with Crippen LogP contribution in [0.4, 0.5) is 5.69 Å². The number of nitrogens with one attached hydrogen (secondary N) is 1. The molecule has 3 N–H and O–H groups in total. The molecule has 0 saturated heterocycles. The third kappa shape index (κ3) is 4.00. The Bertz CT molecular complexity index is 727. The van der Waals surface area contributed by atoms with Gasteiger partial charge >= 0.3 is 0 Å². The Labute approximate surface area is 136 Å². The number of amides is 2. The van der Waals surface area contributed by atoms with Crippen molar-refractivity contribution in [3.05, 3.63) is 41.9 Å². The molecule has 1 unspecified atom stereocenters. The summed E-state index contributed by atoms with van der Waals surface area (Å²) in [6.45, 7) is 3.88. The van der Waals surface area contributed by atoms with E-state index in [9.17, 15) is 9.59 Å². The van der Waals surface area contributed by atoms with Crippen LogP contribution in [0.1, 0.15) is 23.1 Å². The average Bonchev–Trinajstić information content (AvgIpc) is 2.87. The Morgan fingerprint density at radius 2 is 2.09 bits per heavy atom. The summed E-state index contributed by atoms with van der Waals surface area (Å²) in [5, 5.41) is 2.78. The summed E-state index contributed by atoms with van der Waals surface area (Å²) in [5.41, 5.74) is 7.07. The van der Waals surface area contributed by atoms with Gasteiger partial charge in [-0.15, -0.1) is 0 Å². The fourth-order valence-corrected chi connectivity index (χ4v) is 2.36. The first-order valence-electron chi connectivity index (χ1n) is 7.63. The molecule has 0 aliphatic rings. The highest BCUT2D eigenvalue weighted by molar-refractivity contribution is 6.50. The van der Waals surface area contributed by atoms with E-state index in [-0.39, 0.29) is 11.8 Å². The summed E-state index contributed by atoms with van der Waals surface area (Å²) in [4.78, 5) is 28.3. The van der Waals surface area contributed by atoms with Gasteiger partial charge in [0, 0.05) is 31.2 Å². The van der Waals surface area contributed by atoms with Crippen LogP contribution in [0.25, 0.3) is 0 Å². The van der Waals surface area contributed by atoms with Gasteiger partial charge in [0.15, 0.2) is 7.28 Å². The largest absolute Gasteiger partial charge is 0.366 e. The van der Waals surface area contributed by atoms with Gasteiger partial charge in [-0.2, -0.15) is 0 Å². The summed E-state index contributed by atoms with van der Waals surface area (Å²) in [6, 6.07) is 6.72. The lowest BCUT2D eigenvalue weighted by Gasteiger charge is -2.13. The Kier molecular flexibility index (Phi) is 5.21. The van der Waals surface area contributed by atoms with Crippen LogP contribution in [-0.2, 0) is 18.3 Å². The van der Waals surface area contributed by atoms with E-state index in [0.717, 1.165) is 18.7 Å². The maximum Gasteiger partial charge on any atom is 0.250 e. The lowest BCUT2D eigenvalue weighted by atomic mass is 9.79. The Hall–Kier alpha value is -2.57. The van der Waals surface area contributed by atoms with Crippen LogP contribution in [0, 0.1) is 5.92 Å². The zero-order valence-electron chi connectivity index (χ0n) is 13.7. The van der Waals surface area contributed by atoms with E-state index in [1.807, 2.05) is 31.6 Å². The van der Waals surface area contributed by atoms with Gasteiger partial charge in [0.25, 0.3) is 5.91 Å². The van der Waals surface area contributed by atoms with Crippen molar-refractivity contribution >= 4 is 30.4 Å². The predicted octanol–water partition coefficient (Wildman–Crippen LogP) is 0.446. The third-order valence-electron chi connectivity index (χ3n) is 3.77. The summed E-state index contributed by atoms with van der Waals surface area (Å²) >= 11 is 0. The van der Waals surface area contributed by atoms with Crippen molar-refractivity contribution in [2.24, 2.45) is 18.7 Å². The van der Waals surface area contributed by atoms with Crippen molar-refractivity contribution in [3.8, 4) is 0 Å². The second-order valence-corrected chi connectivity index (χ2v) is 5.62. The molecule has 2 rings (SSSR count). The SMILES string of the molecule is CBc1cn(C)c(CC(C)C(=O)Nc2ccccc2C(N)=O)n1. The number of aryl methyl sites for hydroxylation is 1. The van der Waals surface area contributed by atoms with E-state index >= 15 is 0 Å². The van der Waals surface area contributed by atoms with Gasteiger partial charge in [0.1, 0.15) is 5.82 Å². The summed E-state index contributed by atoms with van der Waals surface area (Å²) < 4.78 is 1.94. The van der Waals surface area contributed by atoms with Crippen molar-refractivity contribution in [2.75, 3.05) is 5.32 Å². The van der Waals surface area contributed by atoms with E-state index in [1.165, 1.54) is 0 Å². The first-order valence-corrected chi connectivity index (χ1v) is 7.63. The second kappa shape index (κ2) is 7.13. The summed E-state index contributed by atoms with van der Waals surface area (Å²) in [5.74, 6) is -0.139. The number of carbonyl (C=O) groups excluding carboxylic acids is 2. The molecule has 0 radical (unpaired) electrons. The molecule has 0 bridgehead atoms. The molecule has 7 heteroatoms. The minimum absolute atomic E-state index is 0.167. The Morgan fingerprint density at radius 1 is 1.39 bits per heavy atom. The lowest BCUT2D eigenvalue weighted by Crippen LogP contribution is -2.25. The molecule has 2 aromatic rings. The number of primary amides is 1. The molecular weight excluding hydrogens is 291 g/mol. The van der Waals surface area contributed by atoms with Crippen LogP contribution in [0.15, 0.2) is 30.5 Å². The van der Waals surface area contributed by atoms with E-state index in [2.05, 4.69) is 10.3 Å². The number of aromatic nitrogens is 2. The Balaban J connectivity index is 2.08. The number of rotatable bonds is 6. The van der Waals surface area contributed by atoms with Gasteiger partial charge in [-0.1, -0.05) is 25.9 Å². The molecule has 0 spiro atoms. The van der Waals surface area contributed by atoms with Gasteiger partial charge in [0.05, 0.1) is 11.3 Å². The number of nitrogens with two attached hydrogens (primary N) is 1. The van der Waals surface area contributed by atoms with Crippen molar-refractivity contribution in [1.82, 2.24) is 9.55 Å². The van der Waals surface area contributed by atoms with Gasteiger partial charge in [-0.3, -0.25) is 9.59 Å². The quantitative estimate of drug-likeness (QED) is 0.759. The molecule has 1 heterocycles. The van der Waals surface area contributed by atoms with Crippen molar-refractivity contribution < 1.29 is 9.59 Å². The zero-order valence-corrected chi connectivity index (χ0v) is 13.7. The molecule has 23 heavy (non-hydrogen) atoms. The lowest BCUT2D eigenvalue weighted by molar-refractivity contribution is -0.119. The number of imidazole rings is 1. The molecule has 1 atom stereocenters. The van der Waals surface area contributed by atoms with Gasteiger partial charge in [-0.05, 0) is 12.1 Å². The maximum absolute atomic E-state index is 12.4. The van der Waals surface area contributed by atoms with E-state index in [4.69, 9.17) is 5.73 Å². The van der Waals surface area contributed by atoms with E-state index in [1.54, 1.807) is 24.3 Å².